The van der Waals surface area contributed by atoms with Crippen molar-refractivity contribution in [2.24, 2.45) is 0 Å². The molecule has 27 heavy (non-hydrogen) atoms. The topological polar surface area (TPSA) is 78.1 Å². The highest BCUT2D eigenvalue weighted by Crippen LogP contribution is 2.17. The molecule has 0 saturated carbocycles. The molecule has 0 aliphatic heterocycles. The number of anilines is 2. The molecule has 2 N–H and O–H groups in total. The number of hydrogen-bond donors (Lipinski definition) is 2. The zero-order valence-corrected chi connectivity index (χ0v) is 15.1. The number of allylic oxidation sites excluding steroid dienone is 1. The van der Waals surface area contributed by atoms with Crippen LogP contribution in [0.3, 0.4) is 0 Å². The Kier molecular flexibility index (Phi) is 5.47. The predicted octanol–water partition coefficient (Wildman–Crippen LogP) is 3.62. The monoisotopic (exact) mass is 360 g/mol. The van der Waals surface area contributed by atoms with Gasteiger partial charge < -0.3 is 15.2 Å². The maximum Gasteiger partial charge on any atom is 0.255 e. The summed E-state index contributed by atoms with van der Waals surface area (Å²) in [5, 5.41) is 2.87. The first-order valence-electron chi connectivity index (χ1n) is 8.43. The average molecular weight is 360 g/mol. The summed E-state index contributed by atoms with van der Waals surface area (Å²) in [7, 11) is 3.93. The first-order chi connectivity index (χ1) is 13.0. The molecule has 2 aromatic carbocycles. The summed E-state index contributed by atoms with van der Waals surface area (Å²) in [6.07, 6.45) is 6.26. The summed E-state index contributed by atoms with van der Waals surface area (Å²) in [6, 6.07) is 14.6. The quantitative estimate of drug-likeness (QED) is 0.520. The van der Waals surface area contributed by atoms with E-state index in [0.29, 0.717) is 11.4 Å². The van der Waals surface area contributed by atoms with Gasteiger partial charge in [-0.25, -0.2) is 4.98 Å². The number of aromatic amines is 1. The highest BCUT2D eigenvalue weighted by atomic mass is 16.1. The van der Waals surface area contributed by atoms with Crippen molar-refractivity contribution in [2.45, 2.75) is 0 Å². The lowest BCUT2D eigenvalue weighted by atomic mass is 10.1. The van der Waals surface area contributed by atoms with Gasteiger partial charge in [0.05, 0.1) is 0 Å². The standard InChI is InChI=1S/C21H20N4O2/c1-25(2)18-10-8-17(9-11-18)24-21(27)16-6-3-15(4-7-16)5-12-19(26)20-22-13-14-23-20/h3-14H,1-2H3,(H,22,23)(H,24,27)/b12-5+. The Labute approximate surface area is 157 Å². The van der Waals surface area contributed by atoms with Gasteiger partial charge in [0.2, 0.25) is 5.78 Å². The van der Waals surface area contributed by atoms with Crippen LogP contribution in [0.2, 0.25) is 0 Å². The molecule has 0 unspecified atom stereocenters. The summed E-state index contributed by atoms with van der Waals surface area (Å²) < 4.78 is 0. The molecule has 0 saturated heterocycles. The van der Waals surface area contributed by atoms with Crippen LogP contribution >= 0.6 is 0 Å². The van der Waals surface area contributed by atoms with Gasteiger partial charge in [-0.2, -0.15) is 0 Å². The fourth-order valence-corrected chi connectivity index (χ4v) is 2.44. The van der Waals surface area contributed by atoms with Crippen LogP contribution in [0.15, 0.2) is 67.0 Å². The van der Waals surface area contributed by atoms with Gasteiger partial charge in [0.25, 0.3) is 5.91 Å². The molecule has 0 bridgehead atoms. The Morgan fingerprint density at radius 1 is 1.04 bits per heavy atom. The minimum absolute atomic E-state index is 0.185. The van der Waals surface area contributed by atoms with E-state index < -0.39 is 0 Å². The van der Waals surface area contributed by atoms with E-state index in [4.69, 9.17) is 0 Å². The molecular formula is C21H20N4O2. The normalized spacial score (nSPS) is 10.7. The van der Waals surface area contributed by atoms with E-state index in [-0.39, 0.29) is 11.7 Å². The van der Waals surface area contributed by atoms with Crippen molar-refractivity contribution in [3.63, 3.8) is 0 Å². The molecule has 3 aromatic rings. The Morgan fingerprint density at radius 2 is 1.74 bits per heavy atom. The molecule has 0 aliphatic rings. The van der Waals surface area contributed by atoms with Gasteiger partial charge in [-0.1, -0.05) is 18.2 Å². The number of aromatic nitrogens is 2. The Morgan fingerprint density at radius 3 is 2.33 bits per heavy atom. The molecule has 1 aromatic heterocycles. The lowest BCUT2D eigenvalue weighted by molar-refractivity contribution is 0.102. The number of imidazole rings is 1. The lowest BCUT2D eigenvalue weighted by Crippen LogP contribution is -2.12. The van der Waals surface area contributed by atoms with Crippen LogP contribution in [0, 0.1) is 0 Å². The second-order valence-corrected chi connectivity index (χ2v) is 6.15. The second kappa shape index (κ2) is 8.14. The SMILES string of the molecule is CN(C)c1ccc(NC(=O)c2ccc(/C=C/C(=O)c3ncc[nH]3)cc2)cc1. The zero-order chi connectivity index (χ0) is 19.2. The molecule has 0 spiro atoms. The smallest absolute Gasteiger partial charge is 0.255 e. The van der Waals surface area contributed by atoms with Crippen LogP contribution in [0.4, 0.5) is 11.4 Å². The highest BCUT2D eigenvalue weighted by Gasteiger charge is 2.07. The summed E-state index contributed by atoms with van der Waals surface area (Å²) >= 11 is 0. The highest BCUT2D eigenvalue weighted by molar-refractivity contribution is 6.05. The number of hydrogen-bond acceptors (Lipinski definition) is 4. The molecule has 6 nitrogen and oxygen atoms in total. The lowest BCUT2D eigenvalue weighted by Gasteiger charge is -2.13. The summed E-state index contributed by atoms with van der Waals surface area (Å²) in [4.78, 5) is 32.9. The van der Waals surface area contributed by atoms with Crippen molar-refractivity contribution in [2.75, 3.05) is 24.3 Å². The molecule has 0 radical (unpaired) electrons. The van der Waals surface area contributed by atoms with Gasteiger partial charge in [-0.05, 0) is 48.0 Å². The van der Waals surface area contributed by atoms with Crippen molar-refractivity contribution in [1.82, 2.24) is 9.97 Å². The summed E-state index contributed by atoms with van der Waals surface area (Å²) in [5.74, 6) is -0.0969. The van der Waals surface area contributed by atoms with Crippen molar-refractivity contribution in [3.05, 3.63) is 84.0 Å². The van der Waals surface area contributed by atoms with E-state index in [9.17, 15) is 9.59 Å². The van der Waals surface area contributed by atoms with E-state index in [1.54, 1.807) is 36.5 Å². The predicted molar refractivity (Wildman–Crippen MR) is 107 cm³/mol. The molecule has 3 rings (SSSR count). The van der Waals surface area contributed by atoms with E-state index in [0.717, 1.165) is 16.9 Å². The van der Waals surface area contributed by atoms with Crippen LogP contribution in [-0.2, 0) is 0 Å². The van der Waals surface area contributed by atoms with E-state index in [1.807, 2.05) is 43.3 Å². The van der Waals surface area contributed by atoms with Crippen LogP contribution in [0.1, 0.15) is 26.5 Å². The Balaban J connectivity index is 1.62. The maximum atomic E-state index is 12.4. The fourth-order valence-electron chi connectivity index (χ4n) is 2.44. The first kappa shape index (κ1) is 18.1. The summed E-state index contributed by atoms with van der Waals surface area (Å²) in [6.45, 7) is 0. The fraction of sp³-hybridized carbons (Fsp3) is 0.0952. The van der Waals surface area contributed by atoms with Crippen molar-refractivity contribution in [3.8, 4) is 0 Å². The van der Waals surface area contributed by atoms with Crippen LogP contribution in [-0.4, -0.2) is 35.8 Å². The van der Waals surface area contributed by atoms with Gasteiger partial charge in [-0.3, -0.25) is 9.59 Å². The third kappa shape index (κ3) is 4.70. The average Bonchev–Trinajstić information content (AvgIpc) is 3.22. The van der Waals surface area contributed by atoms with Gasteiger partial charge in [-0.15, -0.1) is 0 Å². The van der Waals surface area contributed by atoms with E-state index in [2.05, 4.69) is 15.3 Å². The number of rotatable bonds is 6. The van der Waals surface area contributed by atoms with Crippen molar-refractivity contribution in [1.29, 1.82) is 0 Å². The molecule has 136 valence electrons. The number of nitrogens with one attached hydrogen (secondary N) is 2. The Hall–Kier alpha value is -3.67. The Bertz CT molecular complexity index is 941. The largest absolute Gasteiger partial charge is 0.378 e. The third-order valence-electron chi connectivity index (χ3n) is 3.97. The summed E-state index contributed by atoms with van der Waals surface area (Å²) in [5.41, 5.74) is 3.16. The third-order valence-corrected chi connectivity index (χ3v) is 3.97. The van der Waals surface area contributed by atoms with Crippen molar-refractivity contribution >= 4 is 29.1 Å². The molecule has 0 aliphatic carbocycles. The zero-order valence-electron chi connectivity index (χ0n) is 15.1. The number of ketones is 1. The first-order valence-corrected chi connectivity index (χ1v) is 8.43. The second-order valence-electron chi connectivity index (χ2n) is 6.15. The maximum absolute atomic E-state index is 12.4. The van der Waals surface area contributed by atoms with Gasteiger partial charge in [0, 0.05) is 43.4 Å². The number of nitrogens with zero attached hydrogens (tertiary/aromatic N) is 2. The molecule has 0 fully saturated rings. The van der Waals surface area contributed by atoms with E-state index >= 15 is 0 Å². The minimum atomic E-state index is -0.206. The number of benzene rings is 2. The minimum Gasteiger partial charge on any atom is -0.378 e. The van der Waals surface area contributed by atoms with Crippen LogP contribution < -0.4 is 10.2 Å². The molecule has 0 atom stereocenters. The van der Waals surface area contributed by atoms with E-state index in [1.165, 1.54) is 12.3 Å². The van der Waals surface area contributed by atoms with Crippen LogP contribution in [0.5, 0.6) is 0 Å². The molecular weight excluding hydrogens is 340 g/mol. The number of H-pyrrole nitrogens is 1. The molecule has 1 amide bonds. The van der Waals surface area contributed by atoms with Crippen LogP contribution in [0.25, 0.3) is 6.08 Å². The molecule has 6 heteroatoms. The molecule has 1 heterocycles. The van der Waals surface area contributed by atoms with Gasteiger partial charge >= 0.3 is 0 Å². The van der Waals surface area contributed by atoms with Gasteiger partial charge in [0.15, 0.2) is 5.82 Å². The van der Waals surface area contributed by atoms with Gasteiger partial charge in [0.1, 0.15) is 0 Å². The van der Waals surface area contributed by atoms with Crippen molar-refractivity contribution < 1.29 is 9.59 Å². The number of carbonyl (C=O) groups excluding carboxylic acids is 2. The number of carbonyl (C=O) groups is 2. The number of amides is 1.